The molecule has 4 rings (SSSR count). The number of aromatic amines is 1. The third-order valence-electron chi connectivity index (χ3n) is 4.15. The molecule has 1 aromatic heterocycles. The second-order valence-electron chi connectivity index (χ2n) is 6.16. The molecule has 110 valence electrons. The Bertz CT molecular complexity index is 549. The van der Waals surface area contributed by atoms with E-state index in [1.807, 2.05) is 0 Å². The van der Waals surface area contributed by atoms with Crippen molar-refractivity contribution in [3.63, 3.8) is 0 Å². The highest BCUT2D eigenvalue weighted by Gasteiger charge is 2.34. The molecule has 3 aliphatic heterocycles. The summed E-state index contributed by atoms with van der Waals surface area (Å²) >= 11 is 2.12. The predicted octanol–water partition coefficient (Wildman–Crippen LogP) is 1.25. The topological polar surface area (TPSA) is 52.2 Å². The summed E-state index contributed by atoms with van der Waals surface area (Å²) in [6, 6.07) is 0.258. The number of piperazine rings is 3. The van der Waals surface area contributed by atoms with Crippen molar-refractivity contribution in [2.24, 2.45) is 5.92 Å². The number of aromatic nitrogens is 2. The fraction of sp³-hybridized carbons (Fsp3) is 0.714. The summed E-state index contributed by atoms with van der Waals surface area (Å²) in [6.45, 7) is 9.77. The normalized spacial score (nSPS) is 29.1. The van der Waals surface area contributed by atoms with E-state index < -0.39 is 0 Å². The van der Waals surface area contributed by atoms with E-state index in [1.165, 1.54) is 0 Å². The van der Waals surface area contributed by atoms with Gasteiger partial charge in [0.1, 0.15) is 5.82 Å². The molecule has 6 heteroatoms. The Morgan fingerprint density at radius 2 is 2.05 bits per heavy atom. The molecule has 2 bridgehead atoms. The molecule has 0 radical (unpaired) electrons. The first-order valence-corrected chi connectivity index (χ1v) is 8.37. The smallest absolute Gasteiger partial charge is 0.264 e. The highest BCUT2D eigenvalue weighted by Crippen LogP contribution is 2.26. The Morgan fingerprint density at radius 1 is 1.35 bits per heavy atom. The van der Waals surface area contributed by atoms with Crippen LogP contribution in [0.15, 0.2) is 4.79 Å². The van der Waals surface area contributed by atoms with Gasteiger partial charge in [-0.1, -0.05) is 13.8 Å². The summed E-state index contributed by atoms with van der Waals surface area (Å²) < 4.78 is 0.747. The molecule has 4 heterocycles. The van der Waals surface area contributed by atoms with Gasteiger partial charge in [-0.2, -0.15) is 0 Å². The summed E-state index contributed by atoms with van der Waals surface area (Å²) in [5.41, 5.74) is 0.973. The van der Waals surface area contributed by atoms with Crippen LogP contribution in [0.2, 0.25) is 0 Å². The van der Waals surface area contributed by atoms with E-state index in [1.54, 1.807) is 0 Å². The van der Waals surface area contributed by atoms with E-state index in [2.05, 4.69) is 51.2 Å². The number of nitrogens with one attached hydrogen (secondary N) is 1. The van der Waals surface area contributed by atoms with Crippen LogP contribution in [0.3, 0.4) is 0 Å². The summed E-state index contributed by atoms with van der Waals surface area (Å²) in [7, 11) is 0. The molecule has 3 fully saturated rings. The first-order chi connectivity index (χ1) is 9.54. The molecular weight excluding hydrogens is 367 g/mol. The van der Waals surface area contributed by atoms with Gasteiger partial charge in [-0.3, -0.25) is 14.6 Å². The zero-order valence-corrected chi connectivity index (χ0v) is 14.2. The Balaban J connectivity index is 1.93. The Hall–Kier alpha value is -0.470. The zero-order chi connectivity index (χ0) is 14.3. The van der Waals surface area contributed by atoms with Crippen molar-refractivity contribution >= 4 is 22.6 Å². The fourth-order valence-corrected chi connectivity index (χ4v) is 3.56. The minimum absolute atomic E-state index is 0.0175. The second-order valence-corrected chi connectivity index (χ2v) is 7.24. The van der Waals surface area contributed by atoms with Crippen molar-refractivity contribution in [3.8, 4) is 0 Å². The zero-order valence-electron chi connectivity index (χ0n) is 12.0. The van der Waals surface area contributed by atoms with Crippen molar-refractivity contribution < 1.29 is 0 Å². The second kappa shape index (κ2) is 5.73. The first-order valence-electron chi connectivity index (χ1n) is 7.29. The van der Waals surface area contributed by atoms with Crippen LogP contribution >= 0.6 is 22.6 Å². The van der Waals surface area contributed by atoms with Gasteiger partial charge < -0.3 is 4.98 Å². The van der Waals surface area contributed by atoms with Gasteiger partial charge in [-0.25, -0.2) is 4.98 Å². The van der Waals surface area contributed by atoms with Gasteiger partial charge in [-0.05, 0) is 34.9 Å². The third kappa shape index (κ3) is 2.78. The lowest BCUT2D eigenvalue weighted by atomic mass is 10.1. The molecule has 0 amide bonds. The van der Waals surface area contributed by atoms with Crippen LogP contribution in [-0.4, -0.2) is 52.5 Å². The maximum absolute atomic E-state index is 12.2. The highest BCUT2D eigenvalue weighted by atomic mass is 127. The van der Waals surface area contributed by atoms with Gasteiger partial charge in [0.15, 0.2) is 0 Å². The molecule has 1 N–H and O–H groups in total. The van der Waals surface area contributed by atoms with Crippen molar-refractivity contribution in [3.05, 3.63) is 25.4 Å². The summed E-state index contributed by atoms with van der Waals surface area (Å²) in [6.07, 6.45) is 0.867. The van der Waals surface area contributed by atoms with Gasteiger partial charge in [0, 0.05) is 32.7 Å². The van der Waals surface area contributed by atoms with Crippen LogP contribution in [0.5, 0.6) is 0 Å². The number of rotatable bonds is 3. The average Bonchev–Trinajstić information content (AvgIpc) is 2.44. The van der Waals surface area contributed by atoms with Crippen LogP contribution in [0, 0.1) is 9.49 Å². The molecule has 3 aliphatic rings. The summed E-state index contributed by atoms with van der Waals surface area (Å²) in [5, 5.41) is 0. The number of halogens is 1. The van der Waals surface area contributed by atoms with Crippen molar-refractivity contribution in [1.82, 2.24) is 19.8 Å². The molecule has 1 atom stereocenters. The average molecular weight is 388 g/mol. The standard InChI is InChI=1S/C14H21IN4O/c1-9(2)7-10-12(15)14(20)17-13(16-10)11-8-18-3-5-19(11)6-4-18/h9,11H,3-8H2,1-2H3,(H,16,17,20). The van der Waals surface area contributed by atoms with Crippen LogP contribution in [0.4, 0.5) is 0 Å². The van der Waals surface area contributed by atoms with Crippen LogP contribution in [0.25, 0.3) is 0 Å². The Labute approximate surface area is 132 Å². The molecule has 0 saturated carbocycles. The van der Waals surface area contributed by atoms with Crippen LogP contribution in [0.1, 0.15) is 31.4 Å². The summed E-state index contributed by atoms with van der Waals surface area (Å²) in [4.78, 5) is 24.9. The summed E-state index contributed by atoms with van der Waals surface area (Å²) in [5.74, 6) is 1.37. The maximum Gasteiger partial charge on any atom is 0.264 e. The molecular formula is C14H21IN4O. The van der Waals surface area contributed by atoms with Crippen LogP contribution in [-0.2, 0) is 6.42 Å². The fourth-order valence-electron chi connectivity index (χ4n) is 3.08. The lowest BCUT2D eigenvalue weighted by molar-refractivity contribution is 0.00842. The molecule has 20 heavy (non-hydrogen) atoms. The molecule has 0 spiro atoms. The Kier molecular flexibility index (Phi) is 4.14. The van der Waals surface area contributed by atoms with Gasteiger partial charge in [-0.15, -0.1) is 0 Å². The van der Waals surface area contributed by atoms with E-state index in [0.29, 0.717) is 5.92 Å². The minimum atomic E-state index is 0.0175. The van der Waals surface area contributed by atoms with Gasteiger partial charge in [0.05, 0.1) is 15.3 Å². The molecule has 0 aromatic carbocycles. The number of fused-ring (bicyclic) bond motifs is 3. The molecule has 0 aliphatic carbocycles. The van der Waals surface area contributed by atoms with E-state index in [-0.39, 0.29) is 11.6 Å². The number of hydrogen-bond acceptors (Lipinski definition) is 4. The molecule has 1 unspecified atom stereocenters. The Morgan fingerprint density at radius 3 is 2.60 bits per heavy atom. The van der Waals surface area contributed by atoms with E-state index in [0.717, 1.165) is 54.2 Å². The monoisotopic (exact) mass is 388 g/mol. The minimum Gasteiger partial charge on any atom is -0.308 e. The lowest BCUT2D eigenvalue weighted by Crippen LogP contribution is -2.57. The largest absolute Gasteiger partial charge is 0.308 e. The van der Waals surface area contributed by atoms with Crippen LogP contribution < -0.4 is 5.56 Å². The van der Waals surface area contributed by atoms with E-state index in [9.17, 15) is 4.79 Å². The first kappa shape index (κ1) is 14.5. The van der Waals surface area contributed by atoms with E-state index in [4.69, 9.17) is 4.98 Å². The van der Waals surface area contributed by atoms with Crippen molar-refractivity contribution in [2.75, 3.05) is 32.7 Å². The predicted molar refractivity (Wildman–Crippen MR) is 86.9 cm³/mol. The quantitative estimate of drug-likeness (QED) is 0.792. The van der Waals surface area contributed by atoms with Crippen molar-refractivity contribution in [2.45, 2.75) is 26.3 Å². The molecule has 5 nitrogen and oxygen atoms in total. The SMILES string of the molecule is CC(C)Cc1nc(C2CN3CCN2CC3)[nH]c(=O)c1I. The third-order valence-corrected chi connectivity index (χ3v) is 5.26. The molecule has 1 aromatic rings. The number of hydrogen-bond donors (Lipinski definition) is 1. The maximum atomic E-state index is 12.2. The van der Waals surface area contributed by atoms with E-state index >= 15 is 0 Å². The number of H-pyrrole nitrogens is 1. The van der Waals surface area contributed by atoms with Gasteiger partial charge in [0.25, 0.3) is 5.56 Å². The van der Waals surface area contributed by atoms with Gasteiger partial charge >= 0.3 is 0 Å². The number of nitrogens with zero attached hydrogens (tertiary/aromatic N) is 3. The lowest BCUT2D eigenvalue weighted by Gasteiger charge is -2.46. The van der Waals surface area contributed by atoms with Crippen molar-refractivity contribution in [1.29, 1.82) is 0 Å². The molecule has 3 saturated heterocycles. The highest BCUT2D eigenvalue weighted by molar-refractivity contribution is 14.1. The van der Waals surface area contributed by atoms with Gasteiger partial charge in [0.2, 0.25) is 0 Å².